The molecule has 0 radical (unpaired) electrons. The lowest BCUT2D eigenvalue weighted by Gasteiger charge is -2.20. The van der Waals surface area contributed by atoms with Crippen LogP contribution in [0.5, 0.6) is 5.75 Å². The third-order valence-corrected chi connectivity index (χ3v) is 5.56. The van der Waals surface area contributed by atoms with Gasteiger partial charge in [0, 0.05) is 22.8 Å². The largest absolute Gasteiger partial charge is 0.497 e. The van der Waals surface area contributed by atoms with Crippen LogP contribution < -0.4 is 4.74 Å². The van der Waals surface area contributed by atoms with Crippen molar-refractivity contribution in [3.8, 4) is 5.75 Å². The second-order valence-corrected chi connectivity index (χ2v) is 6.44. The second kappa shape index (κ2) is 5.83. The number of Topliss-reactive ketones (excluding diaryl/α,β-unsaturated/α-hetero) is 1. The van der Waals surface area contributed by atoms with Crippen molar-refractivity contribution in [1.82, 2.24) is 0 Å². The Bertz CT molecular complexity index is 412. The van der Waals surface area contributed by atoms with Crippen LogP contribution in [0.15, 0.2) is 18.2 Å². The smallest absolute Gasteiger partial charge is 0.176 e. The quantitative estimate of drug-likeness (QED) is 0.787. The molecule has 0 aromatic heterocycles. The minimum Gasteiger partial charge on any atom is -0.497 e. The first-order valence-corrected chi connectivity index (χ1v) is 7.81. The number of benzene rings is 1. The lowest BCUT2D eigenvalue weighted by molar-refractivity contribution is 0.0994. The van der Waals surface area contributed by atoms with Gasteiger partial charge in [-0.15, -0.1) is 11.8 Å². The zero-order chi connectivity index (χ0) is 12.3. The van der Waals surface area contributed by atoms with Crippen molar-refractivity contribution in [3.63, 3.8) is 0 Å². The number of thioether (sulfide) groups is 2. The minimum atomic E-state index is 0.126. The predicted octanol–water partition coefficient (Wildman–Crippen LogP) is 3.03. The van der Waals surface area contributed by atoms with E-state index in [2.05, 4.69) is 0 Å². The second-order valence-electron chi connectivity index (χ2n) is 3.98. The maximum absolute atomic E-state index is 12.3. The van der Waals surface area contributed by atoms with Crippen molar-refractivity contribution in [2.75, 3.05) is 24.4 Å². The first-order chi connectivity index (χ1) is 8.22. The van der Waals surface area contributed by atoms with Crippen LogP contribution in [-0.2, 0) is 0 Å². The van der Waals surface area contributed by atoms with E-state index in [1.807, 2.05) is 36.9 Å². The molecule has 92 valence electrons. The van der Waals surface area contributed by atoms with Crippen LogP contribution in [0.1, 0.15) is 15.9 Å². The molecule has 2 rings (SSSR count). The van der Waals surface area contributed by atoms with Gasteiger partial charge in [-0.3, -0.25) is 4.79 Å². The van der Waals surface area contributed by atoms with E-state index in [4.69, 9.17) is 4.74 Å². The average molecular weight is 268 g/mol. The number of ketones is 1. The van der Waals surface area contributed by atoms with E-state index in [1.165, 1.54) is 0 Å². The molecular formula is C13H16O2S2. The molecule has 1 fully saturated rings. The molecule has 0 bridgehead atoms. The molecule has 1 aliphatic heterocycles. The summed E-state index contributed by atoms with van der Waals surface area (Å²) in [5, 5.41) is 0.126. The Labute approximate surface area is 111 Å². The molecule has 0 amide bonds. The SMILES string of the molecule is COc1ccc(C(=O)C2CSCCS2)c(C)c1. The van der Waals surface area contributed by atoms with Gasteiger partial charge in [-0.2, -0.15) is 11.8 Å². The lowest BCUT2D eigenvalue weighted by Crippen LogP contribution is -2.24. The maximum Gasteiger partial charge on any atom is 0.176 e. The van der Waals surface area contributed by atoms with Gasteiger partial charge in [-0.05, 0) is 30.7 Å². The van der Waals surface area contributed by atoms with Crippen LogP contribution in [0.2, 0.25) is 0 Å². The minimum absolute atomic E-state index is 0.126. The van der Waals surface area contributed by atoms with E-state index < -0.39 is 0 Å². The number of carbonyl (C=O) groups is 1. The summed E-state index contributed by atoms with van der Waals surface area (Å²) in [5.74, 6) is 4.26. The fourth-order valence-electron chi connectivity index (χ4n) is 1.85. The Morgan fingerprint density at radius 1 is 1.41 bits per heavy atom. The highest BCUT2D eigenvalue weighted by atomic mass is 32.2. The summed E-state index contributed by atoms with van der Waals surface area (Å²) in [4.78, 5) is 12.3. The molecule has 1 saturated heterocycles. The lowest BCUT2D eigenvalue weighted by atomic mass is 10.0. The van der Waals surface area contributed by atoms with Gasteiger partial charge in [0.25, 0.3) is 0 Å². The Kier molecular flexibility index (Phi) is 4.40. The molecule has 4 heteroatoms. The maximum atomic E-state index is 12.3. The van der Waals surface area contributed by atoms with Crippen molar-refractivity contribution in [2.24, 2.45) is 0 Å². The third kappa shape index (κ3) is 2.99. The molecule has 0 spiro atoms. The molecule has 1 unspecified atom stereocenters. The summed E-state index contributed by atoms with van der Waals surface area (Å²) in [6.07, 6.45) is 0. The van der Waals surface area contributed by atoms with E-state index in [0.717, 1.165) is 34.1 Å². The molecule has 0 saturated carbocycles. The first-order valence-electron chi connectivity index (χ1n) is 5.60. The monoisotopic (exact) mass is 268 g/mol. The molecule has 0 N–H and O–H groups in total. The summed E-state index contributed by atoms with van der Waals surface area (Å²) in [6, 6.07) is 5.67. The number of ether oxygens (including phenoxy) is 1. The first kappa shape index (κ1) is 12.8. The van der Waals surface area contributed by atoms with E-state index in [-0.39, 0.29) is 11.0 Å². The van der Waals surface area contributed by atoms with Crippen LogP contribution >= 0.6 is 23.5 Å². The van der Waals surface area contributed by atoms with Crippen molar-refractivity contribution in [1.29, 1.82) is 0 Å². The topological polar surface area (TPSA) is 26.3 Å². The molecule has 1 aromatic rings. The average Bonchev–Trinajstić information content (AvgIpc) is 2.39. The zero-order valence-corrected chi connectivity index (χ0v) is 11.7. The summed E-state index contributed by atoms with van der Waals surface area (Å²) < 4.78 is 5.15. The van der Waals surface area contributed by atoms with Gasteiger partial charge in [0.2, 0.25) is 0 Å². The Morgan fingerprint density at radius 3 is 2.82 bits per heavy atom. The Morgan fingerprint density at radius 2 is 2.24 bits per heavy atom. The van der Waals surface area contributed by atoms with Gasteiger partial charge < -0.3 is 4.74 Å². The van der Waals surface area contributed by atoms with Crippen LogP contribution in [0, 0.1) is 6.92 Å². The highest BCUT2D eigenvalue weighted by molar-refractivity contribution is 8.07. The number of methoxy groups -OCH3 is 1. The van der Waals surface area contributed by atoms with E-state index in [9.17, 15) is 4.79 Å². The fraction of sp³-hybridized carbons (Fsp3) is 0.462. The summed E-state index contributed by atoms with van der Waals surface area (Å²) >= 11 is 3.66. The van der Waals surface area contributed by atoms with Crippen LogP contribution in [0.4, 0.5) is 0 Å². The van der Waals surface area contributed by atoms with Gasteiger partial charge in [0.15, 0.2) is 5.78 Å². The Balaban J connectivity index is 2.18. The molecule has 1 aromatic carbocycles. The van der Waals surface area contributed by atoms with Crippen LogP contribution in [0.25, 0.3) is 0 Å². The fourth-order valence-corrected chi connectivity index (χ4v) is 4.48. The molecule has 2 nitrogen and oxygen atoms in total. The van der Waals surface area contributed by atoms with Crippen molar-refractivity contribution < 1.29 is 9.53 Å². The summed E-state index contributed by atoms with van der Waals surface area (Å²) in [6.45, 7) is 1.97. The molecular weight excluding hydrogens is 252 g/mol. The zero-order valence-electron chi connectivity index (χ0n) is 10.1. The Hall–Kier alpha value is -0.610. The standard InChI is InChI=1S/C13H16O2S2/c1-9-7-10(15-2)3-4-11(9)13(14)12-8-16-5-6-17-12/h3-4,7,12H,5-6,8H2,1-2H3. The van der Waals surface area contributed by atoms with Crippen LogP contribution in [0.3, 0.4) is 0 Å². The van der Waals surface area contributed by atoms with Gasteiger partial charge in [0.1, 0.15) is 5.75 Å². The van der Waals surface area contributed by atoms with E-state index in [1.54, 1.807) is 18.9 Å². The molecule has 0 aliphatic carbocycles. The van der Waals surface area contributed by atoms with Crippen molar-refractivity contribution in [3.05, 3.63) is 29.3 Å². The van der Waals surface area contributed by atoms with Gasteiger partial charge in [-0.1, -0.05) is 0 Å². The molecule has 1 aliphatic rings. The van der Waals surface area contributed by atoms with E-state index >= 15 is 0 Å². The highest BCUT2D eigenvalue weighted by Gasteiger charge is 2.24. The van der Waals surface area contributed by atoms with Crippen molar-refractivity contribution >= 4 is 29.3 Å². The van der Waals surface area contributed by atoms with Gasteiger partial charge in [-0.25, -0.2) is 0 Å². The number of hydrogen-bond donors (Lipinski definition) is 0. The normalized spacial score (nSPS) is 20.0. The molecule has 1 atom stereocenters. The predicted molar refractivity (Wildman–Crippen MR) is 75.6 cm³/mol. The number of carbonyl (C=O) groups excluding carboxylic acids is 1. The number of rotatable bonds is 3. The molecule has 17 heavy (non-hydrogen) atoms. The van der Waals surface area contributed by atoms with Crippen LogP contribution in [-0.4, -0.2) is 35.4 Å². The van der Waals surface area contributed by atoms with Gasteiger partial charge in [0.05, 0.1) is 12.4 Å². The summed E-state index contributed by atoms with van der Waals surface area (Å²) in [5.41, 5.74) is 1.84. The third-order valence-electron chi connectivity index (χ3n) is 2.81. The van der Waals surface area contributed by atoms with Crippen molar-refractivity contribution in [2.45, 2.75) is 12.2 Å². The number of hydrogen-bond acceptors (Lipinski definition) is 4. The van der Waals surface area contributed by atoms with E-state index in [0.29, 0.717) is 0 Å². The van der Waals surface area contributed by atoms with Gasteiger partial charge >= 0.3 is 0 Å². The summed E-state index contributed by atoms with van der Waals surface area (Å²) in [7, 11) is 1.64. The number of aryl methyl sites for hydroxylation is 1. The highest BCUT2D eigenvalue weighted by Crippen LogP contribution is 2.28. The molecule has 1 heterocycles.